The van der Waals surface area contributed by atoms with E-state index in [0.29, 0.717) is 18.5 Å². The van der Waals surface area contributed by atoms with E-state index < -0.39 is 0 Å². The van der Waals surface area contributed by atoms with Gasteiger partial charge in [0.15, 0.2) is 0 Å². The first-order chi connectivity index (χ1) is 11.7. The van der Waals surface area contributed by atoms with Crippen molar-refractivity contribution in [2.24, 2.45) is 0 Å². The Balaban J connectivity index is 1.53. The molecule has 2 atom stereocenters. The molecule has 2 aromatic rings. The first kappa shape index (κ1) is 17.0. The minimum Gasteiger partial charge on any atom is -0.355 e. The lowest BCUT2D eigenvalue weighted by atomic mass is 9.96. The normalized spacial score (nSPS) is 16.6. The number of carbonyl (C=O) groups is 1. The summed E-state index contributed by atoms with van der Waals surface area (Å²) >= 11 is 1.42. The molecule has 24 heavy (non-hydrogen) atoms. The molecule has 1 heterocycles. The average Bonchev–Trinajstić information content (AvgIpc) is 3.35. The molecule has 1 fully saturated rings. The van der Waals surface area contributed by atoms with Crippen molar-refractivity contribution in [1.82, 2.24) is 25.5 Å². The van der Waals surface area contributed by atoms with Gasteiger partial charge in [0.1, 0.15) is 0 Å². The number of nitrogens with zero attached hydrogens (tertiary/aromatic N) is 4. The van der Waals surface area contributed by atoms with Gasteiger partial charge in [-0.1, -0.05) is 49.0 Å². The number of carbonyl (C=O) groups excluding carboxylic acids is 1. The number of amides is 1. The van der Waals surface area contributed by atoms with Gasteiger partial charge in [0.05, 0.1) is 11.3 Å². The summed E-state index contributed by atoms with van der Waals surface area (Å²) in [6.07, 6.45) is 3.23. The first-order valence-corrected chi connectivity index (χ1v) is 9.34. The van der Waals surface area contributed by atoms with Crippen molar-refractivity contribution in [3.63, 3.8) is 0 Å². The lowest BCUT2D eigenvalue weighted by molar-refractivity contribution is -0.120. The summed E-state index contributed by atoms with van der Waals surface area (Å²) in [7, 11) is 0. The van der Waals surface area contributed by atoms with E-state index in [1.807, 2.05) is 29.8 Å². The smallest absolute Gasteiger partial charge is 0.233 e. The molecule has 0 saturated heterocycles. The topological polar surface area (TPSA) is 72.7 Å². The van der Waals surface area contributed by atoms with Crippen LogP contribution in [-0.4, -0.2) is 37.9 Å². The molecule has 0 bridgehead atoms. The van der Waals surface area contributed by atoms with Gasteiger partial charge in [-0.2, -0.15) is 0 Å². The monoisotopic (exact) mass is 345 g/mol. The van der Waals surface area contributed by atoms with Crippen LogP contribution in [0, 0.1) is 0 Å². The number of aromatic nitrogens is 4. The Labute approximate surface area is 146 Å². The van der Waals surface area contributed by atoms with E-state index in [-0.39, 0.29) is 11.2 Å². The maximum atomic E-state index is 12.4. The van der Waals surface area contributed by atoms with E-state index in [9.17, 15) is 4.79 Å². The summed E-state index contributed by atoms with van der Waals surface area (Å²) in [5.41, 5.74) is 1.26. The molecule has 1 N–H and O–H groups in total. The molecular formula is C17H23N5OS. The molecule has 7 heteroatoms. The predicted octanol–water partition coefficient (Wildman–Crippen LogP) is 2.80. The van der Waals surface area contributed by atoms with E-state index in [1.165, 1.54) is 17.3 Å². The molecule has 1 aliphatic carbocycles. The zero-order valence-corrected chi connectivity index (χ0v) is 14.9. The Morgan fingerprint density at radius 3 is 2.79 bits per heavy atom. The SMILES string of the molecule is CCC(CNC(=O)C(C)Sc1nnnn1C1CC1)c1ccccc1. The highest BCUT2D eigenvalue weighted by atomic mass is 32.2. The summed E-state index contributed by atoms with van der Waals surface area (Å²) in [6.45, 7) is 4.69. The number of hydrogen-bond donors (Lipinski definition) is 1. The van der Waals surface area contributed by atoms with Crippen LogP contribution in [0.15, 0.2) is 35.5 Å². The summed E-state index contributed by atoms with van der Waals surface area (Å²) < 4.78 is 1.84. The van der Waals surface area contributed by atoms with Crippen molar-refractivity contribution in [1.29, 1.82) is 0 Å². The van der Waals surface area contributed by atoms with Gasteiger partial charge >= 0.3 is 0 Å². The summed E-state index contributed by atoms with van der Waals surface area (Å²) in [6, 6.07) is 10.7. The number of benzene rings is 1. The molecule has 1 aromatic carbocycles. The third kappa shape index (κ3) is 4.14. The highest BCUT2D eigenvalue weighted by Crippen LogP contribution is 2.37. The molecule has 6 nitrogen and oxygen atoms in total. The largest absolute Gasteiger partial charge is 0.355 e. The zero-order valence-electron chi connectivity index (χ0n) is 14.1. The Hall–Kier alpha value is -1.89. The Bertz CT molecular complexity index is 671. The summed E-state index contributed by atoms with van der Waals surface area (Å²) in [4.78, 5) is 12.4. The van der Waals surface area contributed by atoms with Crippen LogP contribution in [0.3, 0.4) is 0 Å². The first-order valence-electron chi connectivity index (χ1n) is 8.46. The molecular weight excluding hydrogens is 322 g/mol. The standard InChI is InChI=1S/C17H23N5OS/c1-3-13(14-7-5-4-6-8-14)11-18-16(23)12(2)24-17-19-20-21-22(17)15-9-10-15/h4-8,12-13,15H,3,9-11H2,1-2H3,(H,18,23). The number of tetrazole rings is 1. The Morgan fingerprint density at radius 1 is 1.38 bits per heavy atom. The van der Waals surface area contributed by atoms with E-state index in [2.05, 4.69) is 39.9 Å². The number of thioether (sulfide) groups is 1. The molecule has 1 saturated carbocycles. The van der Waals surface area contributed by atoms with Crippen LogP contribution in [0.2, 0.25) is 0 Å². The van der Waals surface area contributed by atoms with Crippen molar-refractivity contribution >= 4 is 17.7 Å². The number of rotatable bonds is 8. The molecule has 2 unspecified atom stereocenters. The van der Waals surface area contributed by atoms with Gasteiger partial charge in [0.25, 0.3) is 0 Å². The fourth-order valence-corrected chi connectivity index (χ4v) is 3.50. The third-order valence-corrected chi connectivity index (χ3v) is 5.34. The lowest BCUT2D eigenvalue weighted by Gasteiger charge is -2.18. The van der Waals surface area contributed by atoms with Crippen molar-refractivity contribution in [2.75, 3.05) is 6.54 Å². The fraction of sp³-hybridized carbons (Fsp3) is 0.529. The van der Waals surface area contributed by atoms with Crippen LogP contribution >= 0.6 is 11.8 Å². The summed E-state index contributed by atoms with van der Waals surface area (Å²) in [5.74, 6) is 0.365. The van der Waals surface area contributed by atoms with Crippen molar-refractivity contribution in [2.45, 2.75) is 55.5 Å². The second kappa shape index (κ2) is 7.79. The molecule has 3 rings (SSSR count). The van der Waals surface area contributed by atoms with Gasteiger partial charge < -0.3 is 5.32 Å². The molecule has 128 valence electrons. The third-order valence-electron chi connectivity index (χ3n) is 4.29. The number of nitrogens with one attached hydrogen (secondary N) is 1. The van der Waals surface area contributed by atoms with Gasteiger partial charge in [-0.15, -0.1) is 5.10 Å². The van der Waals surface area contributed by atoms with Crippen LogP contribution < -0.4 is 5.32 Å². The van der Waals surface area contributed by atoms with E-state index in [1.54, 1.807) is 0 Å². The quantitative estimate of drug-likeness (QED) is 0.745. The maximum absolute atomic E-state index is 12.4. The van der Waals surface area contributed by atoms with Gasteiger partial charge in [0, 0.05) is 12.5 Å². The molecule has 0 aliphatic heterocycles. The highest BCUT2D eigenvalue weighted by molar-refractivity contribution is 8.00. The second-order valence-corrected chi connectivity index (χ2v) is 7.47. The predicted molar refractivity (Wildman–Crippen MR) is 93.9 cm³/mol. The average molecular weight is 345 g/mol. The van der Waals surface area contributed by atoms with Crippen molar-refractivity contribution in [3.8, 4) is 0 Å². The van der Waals surface area contributed by atoms with Crippen LogP contribution in [0.25, 0.3) is 0 Å². The van der Waals surface area contributed by atoms with E-state index in [0.717, 1.165) is 24.4 Å². The molecule has 1 aliphatic rings. The minimum atomic E-state index is -0.221. The fourth-order valence-electron chi connectivity index (χ4n) is 2.61. The molecule has 1 aromatic heterocycles. The van der Waals surface area contributed by atoms with Gasteiger partial charge in [-0.05, 0) is 42.2 Å². The van der Waals surface area contributed by atoms with Crippen molar-refractivity contribution < 1.29 is 4.79 Å². The van der Waals surface area contributed by atoms with Crippen LogP contribution in [0.4, 0.5) is 0 Å². The number of hydrogen-bond acceptors (Lipinski definition) is 5. The van der Waals surface area contributed by atoms with Crippen molar-refractivity contribution in [3.05, 3.63) is 35.9 Å². The van der Waals surface area contributed by atoms with E-state index in [4.69, 9.17) is 0 Å². The van der Waals surface area contributed by atoms with Gasteiger partial charge in [0.2, 0.25) is 11.1 Å². The lowest BCUT2D eigenvalue weighted by Crippen LogP contribution is -2.34. The van der Waals surface area contributed by atoms with Gasteiger partial charge in [-0.25, -0.2) is 4.68 Å². The summed E-state index contributed by atoms with van der Waals surface area (Å²) in [5, 5.41) is 15.4. The van der Waals surface area contributed by atoms with Crippen LogP contribution in [-0.2, 0) is 4.79 Å². The Kier molecular flexibility index (Phi) is 5.50. The van der Waals surface area contributed by atoms with E-state index >= 15 is 0 Å². The molecule has 1 amide bonds. The Morgan fingerprint density at radius 2 is 2.12 bits per heavy atom. The minimum absolute atomic E-state index is 0.0275. The maximum Gasteiger partial charge on any atom is 0.233 e. The van der Waals surface area contributed by atoms with Crippen LogP contribution in [0.5, 0.6) is 0 Å². The molecule has 0 radical (unpaired) electrons. The van der Waals surface area contributed by atoms with Gasteiger partial charge in [-0.3, -0.25) is 4.79 Å². The highest BCUT2D eigenvalue weighted by Gasteiger charge is 2.29. The molecule has 0 spiro atoms. The zero-order chi connectivity index (χ0) is 16.9. The second-order valence-electron chi connectivity index (χ2n) is 6.16. The van der Waals surface area contributed by atoms with Crippen LogP contribution in [0.1, 0.15) is 50.6 Å².